The van der Waals surface area contributed by atoms with Crippen LogP contribution in [0.4, 0.5) is 0 Å². The van der Waals surface area contributed by atoms with Crippen LogP contribution in [0.3, 0.4) is 0 Å². The Morgan fingerprint density at radius 3 is 1.29 bits per heavy atom. The molecule has 0 saturated heterocycles. The Labute approximate surface area is 356 Å². The molecule has 0 heterocycles. The minimum absolute atomic E-state index is 0.177. The summed E-state index contributed by atoms with van der Waals surface area (Å²) in [4.78, 5) is 35.0. The third-order valence-electron chi connectivity index (χ3n) is 10.7. The van der Waals surface area contributed by atoms with E-state index in [9.17, 15) is 24.2 Å². The summed E-state index contributed by atoms with van der Waals surface area (Å²) in [5.74, 6) is -0.924. The maximum atomic E-state index is 12.6. The fourth-order valence-corrected chi connectivity index (χ4v) is 7.71. The molecule has 11 heteroatoms. The molecule has 0 radical (unpaired) electrons. The predicted octanol–water partition coefficient (Wildman–Crippen LogP) is 13.2. The second-order valence-corrected chi connectivity index (χ2v) is 17.9. The van der Waals surface area contributed by atoms with E-state index in [0.717, 1.165) is 51.4 Å². The van der Waals surface area contributed by atoms with Gasteiger partial charge in [-0.05, 0) is 32.1 Å². The number of phosphoric ester groups is 1. The SMILES string of the molecule is CCCC/C=C\CCCCCCCC(=O)OC(COC(=O)CCCCCCCCCCCCCCCCCCCCCCCCCC)COP(=O)(O)OCC(O)CO. The molecule has 0 amide bonds. The van der Waals surface area contributed by atoms with Gasteiger partial charge < -0.3 is 24.6 Å². The quantitative estimate of drug-likeness (QED) is 0.0234. The molecule has 0 aliphatic rings. The fourth-order valence-electron chi connectivity index (χ4n) is 6.92. The Bertz CT molecular complexity index is 977. The van der Waals surface area contributed by atoms with Crippen molar-refractivity contribution in [2.45, 2.75) is 251 Å². The number of ether oxygens (including phenoxy) is 2. The van der Waals surface area contributed by atoms with Crippen LogP contribution < -0.4 is 0 Å². The first-order chi connectivity index (χ1) is 28.2. The number of carbonyl (C=O) groups excluding carboxylic acids is 2. The van der Waals surface area contributed by atoms with Crippen LogP contribution in [0, 0.1) is 0 Å². The van der Waals surface area contributed by atoms with E-state index in [1.54, 1.807) is 0 Å². The third kappa shape index (κ3) is 42.8. The van der Waals surface area contributed by atoms with Crippen molar-refractivity contribution in [1.82, 2.24) is 0 Å². The summed E-state index contributed by atoms with van der Waals surface area (Å²) in [6.07, 6.45) is 43.4. The van der Waals surface area contributed by atoms with Gasteiger partial charge in [0.2, 0.25) is 0 Å². The van der Waals surface area contributed by atoms with Crippen molar-refractivity contribution in [1.29, 1.82) is 0 Å². The highest BCUT2D eigenvalue weighted by atomic mass is 31.2. The van der Waals surface area contributed by atoms with Gasteiger partial charge in [-0.2, -0.15) is 0 Å². The minimum atomic E-state index is -4.61. The largest absolute Gasteiger partial charge is 0.472 e. The van der Waals surface area contributed by atoms with Crippen LogP contribution in [0.5, 0.6) is 0 Å². The van der Waals surface area contributed by atoms with Crippen LogP contribution in [0.25, 0.3) is 0 Å². The number of esters is 2. The average molecular weight is 847 g/mol. The molecular formula is C47H91O10P. The van der Waals surface area contributed by atoms with E-state index < -0.39 is 51.8 Å². The van der Waals surface area contributed by atoms with Crippen LogP contribution in [0.2, 0.25) is 0 Å². The molecule has 0 spiro atoms. The maximum absolute atomic E-state index is 12.6. The number of allylic oxidation sites excluding steroid dienone is 2. The van der Waals surface area contributed by atoms with Gasteiger partial charge in [0.15, 0.2) is 6.10 Å². The molecule has 0 aliphatic heterocycles. The number of aliphatic hydroxyl groups is 2. The highest BCUT2D eigenvalue weighted by molar-refractivity contribution is 7.47. The monoisotopic (exact) mass is 847 g/mol. The van der Waals surface area contributed by atoms with Crippen molar-refractivity contribution >= 4 is 19.8 Å². The highest BCUT2D eigenvalue weighted by Gasteiger charge is 2.27. The molecule has 0 saturated carbocycles. The Morgan fingerprint density at radius 2 is 0.862 bits per heavy atom. The predicted molar refractivity (Wildman–Crippen MR) is 238 cm³/mol. The molecule has 344 valence electrons. The molecule has 3 unspecified atom stereocenters. The van der Waals surface area contributed by atoms with Crippen molar-refractivity contribution in [2.24, 2.45) is 0 Å². The average Bonchev–Trinajstić information content (AvgIpc) is 3.21. The Hall–Kier alpha value is -1.29. The van der Waals surface area contributed by atoms with Crippen LogP contribution in [-0.4, -0.2) is 65.7 Å². The van der Waals surface area contributed by atoms with Crippen LogP contribution in [0.1, 0.15) is 239 Å². The first-order valence-corrected chi connectivity index (χ1v) is 25.6. The number of rotatable bonds is 46. The van der Waals surface area contributed by atoms with E-state index in [2.05, 4.69) is 26.0 Å². The first kappa shape index (κ1) is 56.7. The molecule has 10 nitrogen and oxygen atoms in total. The third-order valence-corrected chi connectivity index (χ3v) is 11.6. The van der Waals surface area contributed by atoms with Gasteiger partial charge in [-0.3, -0.25) is 18.6 Å². The van der Waals surface area contributed by atoms with Crippen molar-refractivity contribution in [3.8, 4) is 0 Å². The topological polar surface area (TPSA) is 149 Å². The lowest BCUT2D eigenvalue weighted by atomic mass is 10.0. The van der Waals surface area contributed by atoms with E-state index in [1.807, 2.05) is 0 Å². The number of hydrogen-bond donors (Lipinski definition) is 3. The zero-order valence-corrected chi connectivity index (χ0v) is 38.4. The summed E-state index contributed by atoms with van der Waals surface area (Å²) >= 11 is 0. The van der Waals surface area contributed by atoms with Gasteiger partial charge in [0, 0.05) is 12.8 Å². The van der Waals surface area contributed by atoms with Gasteiger partial charge in [0.05, 0.1) is 19.8 Å². The molecule has 0 fully saturated rings. The van der Waals surface area contributed by atoms with E-state index in [4.69, 9.17) is 23.6 Å². The summed E-state index contributed by atoms with van der Waals surface area (Å²) in [7, 11) is -4.61. The number of aliphatic hydroxyl groups excluding tert-OH is 2. The first-order valence-electron chi connectivity index (χ1n) is 24.1. The number of unbranched alkanes of at least 4 members (excludes halogenated alkanes) is 30. The zero-order valence-electron chi connectivity index (χ0n) is 37.5. The lowest BCUT2D eigenvalue weighted by molar-refractivity contribution is -0.161. The van der Waals surface area contributed by atoms with Crippen molar-refractivity contribution in [2.75, 3.05) is 26.4 Å². The van der Waals surface area contributed by atoms with Crippen molar-refractivity contribution in [3.63, 3.8) is 0 Å². The van der Waals surface area contributed by atoms with E-state index in [1.165, 1.54) is 148 Å². The molecule has 0 rings (SSSR count). The standard InChI is InChI=1S/C47H91O10P/c1-3-5-7-9-11-13-15-16-17-18-19-20-21-22-23-24-25-26-27-29-30-32-34-36-38-46(50)54-42-45(43-56-58(52,53)55-41-44(49)40-48)57-47(51)39-37-35-33-31-28-14-12-10-8-6-4-2/h10,12,44-45,48-49H,3-9,11,13-43H2,1-2H3,(H,52,53)/b12-10-. The normalized spacial score (nSPS) is 13.8. The molecule has 3 N–H and O–H groups in total. The van der Waals surface area contributed by atoms with Gasteiger partial charge in [-0.1, -0.05) is 206 Å². The fraction of sp³-hybridized carbons (Fsp3) is 0.915. The van der Waals surface area contributed by atoms with Crippen molar-refractivity contribution in [3.05, 3.63) is 12.2 Å². The summed E-state index contributed by atoms with van der Waals surface area (Å²) in [5.41, 5.74) is 0. The minimum Gasteiger partial charge on any atom is -0.462 e. The number of carbonyl (C=O) groups is 2. The summed E-state index contributed by atoms with van der Waals surface area (Å²) in [5, 5.41) is 18.3. The van der Waals surface area contributed by atoms with Gasteiger partial charge >= 0.3 is 19.8 Å². The number of phosphoric acid groups is 1. The molecule has 58 heavy (non-hydrogen) atoms. The maximum Gasteiger partial charge on any atom is 0.472 e. The molecule has 0 aliphatic carbocycles. The van der Waals surface area contributed by atoms with Crippen LogP contribution >= 0.6 is 7.82 Å². The Kier molecular flexibility index (Phi) is 42.8. The molecule has 0 bridgehead atoms. The van der Waals surface area contributed by atoms with E-state index >= 15 is 0 Å². The molecule has 0 aromatic rings. The lowest BCUT2D eigenvalue weighted by Crippen LogP contribution is -2.29. The summed E-state index contributed by atoms with van der Waals surface area (Å²) < 4.78 is 32.7. The van der Waals surface area contributed by atoms with Gasteiger partial charge in [-0.15, -0.1) is 0 Å². The van der Waals surface area contributed by atoms with Gasteiger partial charge in [-0.25, -0.2) is 4.57 Å². The Balaban J connectivity index is 4.05. The molecule has 0 aromatic carbocycles. The summed E-state index contributed by atoms with van der Waals surface area (Å²) in [6, 6.07) is 0. The zero-order chi connectivity index (χ0) is 42.6. The van der Waals surface area contributed by atoms with Gasteiger partial charge in [0.25, 0.3) is 0 Å². The van der Waals surface area contributed by atoms with Crippen LogP contribution in [-0.2, 0) is 32.7 Å². The Morgan fingerprint density at radius 1 is 0.500 bits per heavy atom. The molecular weight excluding hydrogens is 755 g/mol. The smallest absolute Gasteiger partial charge is 0.462 e. The lowest BCUT2D eigenvalue weighted by Gasteiger charge is -2.20. The summed E-state index contributed by atoms with van der Waals surface area (Å²) in [6.45, 7) is 2.37. The van der Waals surface area contributed by atoms with E-state index in [0.29, 0.717) is 12.8 Å². The molecule has 3 atom stereocenters. The van der Waals surface area contributed by atoms with Gasteiger partial charge in [0.1, 0.15) is 12.7 Å². The second-order valence-electron chi connectivity index (χ2n) is 16.5. The van der Waals surface area contributed by atoms with Crippen LogP contribution in [0.15, 0.2) is 12.2 Å². The molecule has 0 aromatic heterocycles. The second kappa shape index (κ2) is 43.8. The van der Waals surface area contributed by atoms with Crippen molar-refractivity contribution < 1.29 is 47.8 Å². The number of hydrogen-bond acceptors (Lipinski definition) is 9. The van der Waals surface area contributed by atoms with E-state index in [-0.39, 0.29) is 19.4 Å². The highest BCUT2D eigenvalue weighted by Crippen LogP contribution is 2.43.